The molecule has 0 saturated heterocycles. The normalized spacial score (nSPS) is 10.7. The number of aromatic nitrogens is 1. The number of nitrogens with zero attached hydrogens (tertiary/aromatic N) is 1. The smallest absolute Gasteiger partial charge is 0.254 e. The summed E-state index contributed by atoms with van der Waals surface area (Å²) < 4.78 is 0. The van der Waals surface area contributed by atoms with Gasteiger partial charge >= 0.3 is 0 Å². The van der Waals surface area contributed by atoms with Crippen molar-refractivity contribution in [1.82, 2.24) is 10.3 Å². The molecule has 4 heteroatoms. The Hall–Kier alpha value is -2.59. The zero-order valence-corrected chi connectivity index (χ0v) is 15.6. The van der Waals surface area contributed by atoms with Crippen molar-refractivity contribution in [3.8, 4) is 0 Å². The van der Waals surface area contributed by atoms with Crippen LogP contribution in [0.15, 0.2) is 84.0 Å². The molecule has 132 valence electrons. The number of amides is 1. The lowest BCUT2D eigenvalue weighted by molar-refractivity contribution is 0.0949. The topological polar surface area (TPSA) is 42.0 Å². The van der Waals surface area contributed by atoms with E-state index in [1.807, 2.05) is 24.5 Å². The zero-order chi connectivity index (χ0) is 18.2. The molecule has 1 amide bonds. The van der Waals surface area contributed by atoms with Crippen LogP contribution in [0.25, 0.3) is 0 Å². The summed E-state index contributed by atoms with van der Waals surface area (Å²) in [7, 11) is 0. The van der Waals surface area contributed by atoms with Crippen molar-refractivity contribution < 1.29 is 4.79 Å². The van der Waals surface area contributed by atoms with Crippen molar-refractivity contribution in [2.75, 3.05) is 12.8 Å². The molecule has 0 spiro atoms. The molecule has 2 aromatic carbocycles. The van der Waals surface area contributed by atoms with Gasteiger partial charge in [-0.25, -0.2) is 4.98 Å². The molecule has 0 saturated carbocycles. The molecular formula is C22H22N2OS. The van der Waals surface area contributed by atoms with Gasteiger partial charge in [-0.3, -0.25) is 4.79 Å². The fourth-order valence-corrected chi connectivity index (χ4v) is 3.59. The van der Waals surface area contributed by atoms with Gasteiger partial charge in [0, 0.05) is 18.7 Å². The minimum absolute atomic E-state index is 0.0673. The van der Waals surface area contributed by atoms with Crippen LogP contribution in [0.1, 0.15) is 33.8 Å². The van der Waals surface area contributed by atoms with E-state index in [4.69, 9.17) is 0 Å². The molecule has 0 bridgehead atoms. The van der Waals surface area contributed by atoms with Crippen LogP contribution in [0.2, 0.25) is 0 Å². The minimum Gasteiger partial charge on any atom is -0.352 e. The van der Waals surface area contributed by atoms with Crippen LogP contribution in [0.4, 0.5) is 0 Å². The first-order valence-corrected chi connectivity index (χ1v) is 9.89. The van der Waals surface area contributed by atoms with E-state index in [2.05, 4.69) is 58.8 Å². The van der Waals surface area contributed by atoms with E-state index >= 15 is 0 Å². The highest BCUT2D eigenvalue weighted by molar-refractivity contribution is 7.98. The molecule has 26 heavy (non-hydrogen) atoms. The largest absolute Gasteiger partial charge is 0.352 e. The quantitative estimate of drug-likeness (QED) is 0.617. The Morgan fingerprint density at radius 1 is 0.962 bits per heavy atom. The molecule has 1 N–H and O–H groups in total. The zero-order valence-electron chi connectivity index (χ0n) is 14.8. The first-order valence-electron chi connectivity index (χ1n) is 8.66. The Kier molecular flexibility index (Phi) is 6.45. The van der Waals surface area contributed by atoms with E-state index in [1.54, 1.807) is 12.3 Å². The van der Waals surface area contributed by atoms with Gasteiger partial charge in [0.25, 0.3) is 5.91 Å². The molecule has 0 unspecified atom stereocenters. The van der Waals surface area contributed by atoms with Crippen LogP contribution >= 0.6 is 11.8 Å². The van der Waals surface area contributed by atoms with Gasteiger partial charge in [0.2, 0.25) is 0 Å². The minimum atomic E-state index is -0.0673. The number of carbonyl (C=O) groups excluding carboxylic acids is 1. The second-order valence-electron chi connectivity index (χ2n) is 5.98. The summed E-state index contributed by atoms with van der Waals surface area (Å²) >= 11 is 1.49. The maximum atomic E-state index is 12.5. The van der Waals surface area contributed by atoms with E-state index < -0.39 is 0 Å². The van der Waals surface area contributed by atoms with E-state index in [0.717, 1.165) is 11.4 Å². The maximum Gasteiger partial charge on any atom is 0.254 e. The van der Waals surface area contributed by atoms with Crippen LogP contribution in [-0.4, -0.2) is 23.7 Å². The first-order chi connectivity index (χ1) is 12.8. The van der Waals surface area contributed by atoms with Gasteiger partial charge in [-0.15, -0.1) is 11.8 Å². The lowest BCUT2D eigenvalue weighted by Gasteiger charge is -2.18. The first kappa shape index (κ1) is 18.2. The second kappa shape index (κ2) is 9.20. The second-order valence-corrected chi connectivity index (χ2v) is 6.77. The fourth-order valence-electron chi connectivity index (χ4n) is 3.05. The molecule has 3 rings (SSSR count). The molecule has 0 aliphatic carbocycles. The Morgan fingerprint density at radius 2 is 1.58 bits per heavy atom. The molecule has 0 radical (unpaired) electrons. The SMILES string of the molecule is CSc1ncccc1C(=O)NCCC(c1ccccc1)c1ccccc1. The predicted molar refractivity (Wildman–Crippen MR) is 108 cm³/mol. The van der Waals surface area contributed by atoms with Gasteiger partial charge < -0.3 is 5.32 Å². The fraction of sp³-hybridized carbons (Fsp3) is 0.182. The predicted octanol–water partition coefficient (Wildman–Crippen LogP) is 4.76. The monoisotopic (exact) mass is 362 g/mol. The highest BCUT2D eigenvalue weighted by Gasteiger charge is 2.15. The van der Waals surface area contributed by atoms with E-state index in [9.17, 15) is 4.79 Å². The van der Waals surface area contributed by atoms with Crippen LogP contribution in [0.5, 0.6) is 0 Å². The third-order valence-electron chi connectivity index (χ3n) is 4.33. The standard InChI is InChI=1S/C22H22N2OS/c1-26-22-20(13-8-15-24-22)21(25)23-16-14-19(17-9-4-2-5-10-17)18-11-6-3-7-12-18/h2-13,15,19H,14,16H2,1H3,(H,23,25). The summed E-state index contributed by atoms with van der Waals surface area (Å²) in [6.07, 6.45) is 4.48. The van der Waals surface area contributed by atoms with Crippen molar-refractivity contribution in [2.24, 2.45) is 0 Å². The molecule has 0 aliphatic rings. The summed E-state index contributed by atoms with van der Waals surface area (Å²) in [5.74, 6) is 0.189. The molecule has 3 aromatic rings. The van der Waals surface area contributed by atoms with Crippen molar-refractivity contribution in [3.63, 3.8) is 0 Å². The molecule has 0 atom stereocenters. The van der Waals surface area contributed by atoms with Gasteiger partial charge in [-0.05, 0) is 35.9 Å². The van der Waals surface area contributed by atoms with Crippen molar-refractivity contribution in [2.45, 2.75) is 17.4 Å². The van der Waals surface area contributed by atoms with Crippen LogP contribution < -0.4 is 5.32 Å². The number of rotatable bonds is 7. The average molecular weight is 362 g/mol. The van der Waals surface area contributed by atoms with E-state index in [1.165, 1.54) is 22.9 Å². The maximum absolute atomic E-state index is 12.5. The van der Waals surface area contributed by atoms with Crippen LogP contribution in [0.3, 0.4) is 0 Å². The molecular weight excluding hydrogens is 340 g/mol. The Balaban J connectivity index is 1.70. The summed E-state index contributed by atoms with van der Waals surface area (Å²) in [5, 5.41) is 3.81. The third kappa shape index (κ3) is 4.52. The number of benzene rings is 2. The summed E-state index contributed by atoms with van der Waals surface area (Å²) in [6, 6.07) is 24.5. The van der Waals surface area contributed by atoms with Gasteiger partial charge in [0.1, 0.15) is 5.03 Å². The van der Waals surface area contributed by atoms with Crippen molar-refractivity contribution in [3.05, 3.63) is 95.7 Å². The van der Waals surface area contributed by atoms with Crippen molar-refractivity contribution in [1.29, 1.82) is 0 Å². The van der Waals surface area contributed by atoms with Crippen molar-refractivity contribution >= 4 is 17.7 Å². The number of thioether (sulfide) groups is 1. The lowest BCUT2D eigenvalue weighted by atomic mass is 9.88. The summed E-state index contributed by atoms with van der Waals surface area (Å²) in [6.45, 7) is 0.607. The summed E-state index contributed by atoms with van der Waals surface area (Å²) in [4.78, 5) is 16.8. The van der Waals surface area contributed by atoms with Gasteiger partial charge in [-0.2, -0.15) is 0 Å². The molecule has 1 aromatic heterocycles. The number of nitrogens with one attached hydrogen (secondary N) is 1. The highest BCUT2D eigenvalue weighted by atomic mass is 32.2. The van der Waals surface area contributed by atoms with Gasteiger partial charge in [-0.1, -0.05) is 60.7 Å². The molecule has 0 fully saturated rings. The number of pyridine rings is 1. The number of carbonyl (C=O) groups is 1. The van der Waals surface area contributed by atoms with Gasteiger partial charge in [0.05, 0.1) is 5.56 Å². The van der Waals surface area contributed by atoms with Crippen LogP contribution in [-0.2, 0) is 0 Å². The lowest BCUT2D eigenvalue weighted by Crippen LogP contribution is -2.26. The molecule has 3 nitrogen and oxygen atoms in total. The summed E-state index contributed by atoms with van der Waals surface area (Å²) in [5.41, 5.74) is 3.16. The molecule has 1 heterocycles. The Morgan fingerprint density at radius 3 is 2.15 bits per heavy atom. The Labute approximate surface area is 158 Å². The van der Waals surface area contributed by atoms with Gasteiger partial charge in [0.15, 0.2) is 0 Å². The molecule has 0 aliphatic heterocycles. The van der Waals surface area contributed by atoms with E-state index in [-0.39, 0.29) is 11.8 Å². The average Bonchev–Trinajstić information content (AvgIpc) is 2.72. The van der Waals surface area contributed by atoms with E-state index in [0.29, 0.717) is 12.1 Å². The highest BCUT2D eigenvalue weighted by Crippen LogP contribution is 2.27. The number of hydrogen-bond acceptors (Lipinski definition) is 3. The Bertz CT molecular complexity index is 798. The third-order valence-corrected chi connectivity index (χ3v) is 5.04. The van der Waals surface area contributed by atoms with Crippen LogP contribution in [0, 0.1) is 0 Å². The number of hydrogen-bond donors (Lipinski definition) is 1.